The highest BCUT2D eigenvalue weighted by Crippen LogP contribution is 2.66. The Kier molecular flexibility index (Phi) is 4.66. The highest BCUT2D eigenvalue weighted by Gasteiger charge is 2.58. The number of carbonyl (C=O) groups excluding carboxylic acids is 2. The van der Waals surface area contributed by atoms with Crippen LogP contribution in [-0.4, -0.2) is 17.9 Å². The fourth-order valence-corrected chi connectivity index (χ4v) is 6.45. The molecule has 0 heterocycles. The number of fused-ring (bicyclic) bond motifs is 3. The molecule has 3 aliphatic rings. The molecule has 0 amide bonds. The standard InChI is InChI=1S/C22H34O3/c1-13(2)16-7-10-22(6)18(16)8-9-21(5)12-19(25-15(4)24)17(14(3)23)11-20(21)22/h13,17,19-20H,7-12H2,1-6H3/t17-,19+,20-,21-,22-/m1/s1. The van der Waals surface area contributed by atoms with Crippen molar-refractivity contribution in [2.75, 3.05) is 0 Å². The molecule has 0 unspecified atom stereocenters. The summed E-state index contributed by atoms with van der Waals surface area (Å²) in [6, 6.07) is 0. The normalized spacial score (nSPS) is 40.7. The highest BCUT2D eigenvalue weighted by molar-refractivity contribution is 5.79. The van der Waals surface area contributed by atoms with Crippen molar-refractivity contribution in [1.82, 2.24) is 0 Å². The zero-order valence-electron chi connectivity index (χ0n) is 16.8. The smallest absolute Gasteiger partial charge is 0.302 e. The minimum atomic E-state index is -0.260. The molecule has 140 valence electrons. The van der Waals surface area contributed by atoms with Crippen molar-refractivity contribution in [2.24, 2.45) is 28.6 Å². The van der Waals surface area contributed by atoms with Gasteiger partial charge in [0.05, 0.1) is 5.92 Å². The van der Waals surface area contributed by atoms with Gasteiger partial charge in [0.25, 0.3) is 0 Å². The van der Waals surface area contributed by atoms with E-state index in [2.05, 4.69) is 27.7 Å². The van der Waals surface area contributed by atoms with E-state index in [4.69, 9.17) is 4.74 Å². The molecule has 0 aromatic rings. The summed E-state index contributed by atoms with van der Waals surface area (Å²) >= 11 is 0. The molecule has 0 saturated heterocycles. The van der Waals surface area contributed by atoms with Crippen molar-refractivity contribution in [2.45, 2.75) is 86.2 Å². The zero-order chi connectivity index (χ0) is 18.6. The number of ether oxygens (including phenoxy) is 1. The van der Waals surface area contributed by atoms with Gasteiger partial charge in [-0.3, -0.25) is 9.59 Å². The first kappa shape index (κ1) is 18.7. The fraction of sp³-hybridized carbons (Fsp3) is 0.818. The number of carbonyl (C=O) groups is 2. The Bertz CT molecular complexity index is 617. The first-order valence-corrected chi connectivity index (χ1v) is 9.98. The van der Waals surface area contributed by atoms with Crippen LogP contribution in [0.3, 0.4) is 0 Å². The molecule has 3 rings (SSSR count). The molecule has 0 spiro atoms. The number of esters is 1. The van der Waals surface area contributed by atoms with Crippen LogP contribution in [0.5, 0.6) is 0 Å². The van der Waals surface area contributed by atoms with Crippen LogP contribution in [0.15, 0.2) is 11.1 Å². The van der Waals surface area contributed by atoms with Crippen molar-refractivity contribution in [3.63, 3.8) is 0 Å². The molecule has 3 nitrogen and oxygen atoms in total. The van der Waals surface area contributed by atoms with Gasteiger partial charge in [0.1, 0.15) is 11.9 Å². The summed E-state index contributed by atoms with van der Waals surface area (Å²) in [5.41, 5.74) is 3.75. The Morgan fingerprint density at radius 3 is 2.36 bits per heavy atom. The Labute approximate surface area is 152 Å². The van der Waals surface area contributed by atoms with Crippen LogP contribution >= 0.6 is 0 Å². The highest BCUT2D eigenvalue weighted by atomic mass is 16.5. The Morgan fingerprint density at radius 2 is 1.80 bits per heavy atom. The van der Waals surface area contributed by atoms with Crippen LogP contribution < -0.4 is 0 Å². The number of hydrogen-bond acceptors (Lipinski definition) is 3. The third kappa shape index (κ3) is 2.98. The Morgan fingerprint density at radius 1 is 1.12 bits per heavy atom. The maximum atomic E-state index is 12.3. The number of rotatable bonds is 3. The van der Waals surface area contributed by atoms with Crippen molar-refractivity contribution < 1.29 is 14.3 Å². The molecule has 3 aliphatic carbocycles. The maximum Gasteiger partial charge on any atom is 0.302 e. The molecular formula is C22H34O3. The second-order valence-electron chi connectivity index (χ2n) is 9.59. The van der Waals surface area contributed by atoms with Crippen LogP contribution in [0.1, 0.15) is 80.1 Å². The van der Waals surface area contributed by atoms with Crippen LogP contribution in [0.4, 0.5) is 0 Å². The quantitative estimate of drug-likeness (QED) is 0.528. The molecule has 0 radical (unpaired) electrons. The lowest BCUT2D eigenvalue weighted by Crippen LogP contribution is -2.53. The van der Waals surface area contributed by atoms with E-state index < -0.39 is 0 Å². The lowest BCUT2D eigenvalue weighted by molar-refractivity contribution is -0.164. The molecule has 0 bridgehead atoms. The predicted octanol–water partition coefficient (Wildman–Crippen LogP) is 5.09. The number of allylic oxidation sites excluding steroid dienone is 2. The maximum absolute atomic E-state index is 12.3. The molecule has 0 aliphatic heterocycles. The molecule has 2 fully saturated rings. The second-order valence-corrected chi connectivity index (χ2v) is 9.59. The van der Waals surface area contributed by atoms with Gasteiger partial charge in [-0.1, -0.05) is 38.8 Å². The van der Waals surface area contributed by atoms with Crippen LogP contribution in [0.25, 0.3) is 0 Å². The summed E-state index contributed by atoms with van der Waals surface area (Å²) in [6.07, 6.45) is 6.23. The lowest BCUT2D eigenvalue weighted by Gasteiger charge is -2.57. The van der Waals surface area contributed by atoms with Gasteiger partial charge in [-0.25, -0.2) is 0 Å². The molecule has 0 aromatic heterocycles. The SMILES string of the molecule is CC(=O)O[C@H]1C[C@@]2(C)CCC3=C(C(C)C)CC[C@@]3(C)[C@@H]2C[C@@H]1C(C)=O. The van der Waals surface area contributed by atoms with Gasteiger partial charge in [0, 0.05) is 6.92 Å². The first-order valence-electron chi connectivity index (χ1n) is 9.98. The number of ketones is 1. The van der Waals surface area contributed by atoms with Gasteiger partial charge in [0.2, 0.25) is 0 Å². The van der Waals surface area contributed by atoms with Crippen molar-refractivity contribution in [1.29, 1.82) is 0 Å². The Hall–Kier alpha value is -1.12. The van der Waals surface area contributed by atoms with Gasteiger partial charge in [-0.05, 0) is 68.1 Å². The predicted molar refractivity (Wildman–Crippen MR) is 99.0 cm³/mol. The van der Waals surface area contributed by atoms with Crippen molar-refractivity contribution in [3.8, 4) is 0 Å². The summed E-state index contributed by atoms with van der Waals surface area (Å²) < 4.78 is 5.61. The van der Waals surface area contributed by atoms with Crippen molar-refractivity contribution in [3.05, 3.63) is 11.1 Å². The van der Waals surface area contributed by atoms with Crippen molar-refractivity contribution >= 4 is 11.8 Å². The van der Waals surface area contributed by atoms with E-state index in [1.54, 1.807) is 18.1 Å². The van der Waals surface area contributed by atoms with Crippen LogP contribution in [0, 0.1) is 28.6 Å². The third-order valence-corrected chi connectivity index (χ3v) is 7.69. The molecule has 2 saturated carbocycles. The van der Waals surface area contributed by atoms with Crippen LogP contribution in [0.2, 0.25) is 0 Å². The van der Waals surface area contributed by atoms with E-state index in [0.29, 0.717) is 11.8 Å². The fourth-order valence-electron chi connectivity index (χ4n) is 6.45. The second kappa shape index (κ2) is 6.25. The van der Waals surface area contributed by atoms with E-state index in [1.165, 1.54) is 26.2 Å². The monoisotopic (exact) mass is 346 g/mol. The lowest BCUT2D eigenvalue weighted by atomic mass is 9.47. The summed E-state index contributed by atoms with van der Waals surface area (Å²) in [5.74, 6) is 0.920. The van der Waals surface area contributed by atoms with Gasteiger partial charge in [-0.15, -0.1) is 0 Å². The summed E-state index contributed by atoms with van der Waals surface area (Å²) in [6.45, 7) is 12.6. The first-order chi connectivity index (χ1) is 11.6. The summed E-state index contributed by atoms with van der Waals surface area (Å²) in [7, 11) is 0. The van der Waals surface area contributed by atoms with Gasteiger partial charge >= 0.3 is 5.97 Å². The topological polar surface area (TPSA) is 43.4 Å². The molecule has 5 atom stereocenters. The molecular weight excluding hydrogens is 312 g/mol. The van der Waals surface area contributed by atoms with Gasteiger partial charge < -0.3 is 4.74 Å². The Balaban J connectivity index is 1.97. The molecule has 3 heteroatoms. The average molecular weight is 347 g/mol. The average Bonchev–Trinajstić information content (AvgIpc) is 2.82. The molecule has 0 aromatic carbocycles. The van der Waals surface area contributed by atoms with E-state index >= 15 is 0 Å². The van der Waals surface area contributed by atoms with Crippen LogP contribution in [-0.2, 0) is 14.3 Å². The van der Waals surface area contributed by atoms with E-state index in [9.17, 15) is 9.59 Å². The minimum absolute atomic E-state index is 0.138. The zero-order valence-corrected chi connectivity index (χ0v) is 16.8. The minimum Gasteiger partial charge on any atom is -0.462 e. The number of Topliss-reactive ketones (excluding diaryl/α,β-unsaturated/α-hetero) is 1. The largest absolute Gasteiger partial charge is 0.462 e. The molecule has 0 N–H and O–H groups in total. The van der Waals surface area contributed by atoms with E-state index in [1.807, 2.05) is 0 Å². The summed E-state index contributed by atoms with van der Waals surface area (Å²) in [4.78, 5) is 23.9. The molecule has 25 heavy (non-hydrogen) atoms. The van der Waals surface area contributed by atoms with E-state index in [0.717, 1.165) is 19.3 Å². The van der Waals surface area contributed by atoms with Gasteiger partial charge in [-0.2, -0.15) is 0 Å². The van der Waals surface area contributed by atoms with E-state index in [-0.39, 0.29) is 34.6 Å². The summed E-state index contributed by atoms with van der Waals surface area (Å²) in [5, 5.41) is 0. The third-order valence-electron chi connectivity index (χ3n) is 7.69. The van der Waals surface area contributed by atoms with Gasteiger partial charge in [0.15, 0.2) is 0 Å². The number of hydrogen-bond donors (Lipinski definition) is 0.